The van der Waals surface area contributed by atoms with Crippen LogP contribution in [0, 0.1) is 5.92 Å². The van der Waals surface area contributed by atoms with Gasteiger partial charge in [0.15, 0.2) is 0 Å². The van der Waals surface area contributed by atoms with Gasteiger partial charge in [0.2, 0.25) is 0 Å². The molecular weight excluding hydrogens is 94.9 g/mol. The summed E-state index contributed by atoms with van der Waals surface area (Å²) in [5.74, 6) is 1.04. The summed E-state index contributed by atoms with van der Waals surface area (Å²) in [6.45, 7) is 2.36. The molecule has 1 rings (SSSR count). The minimum absolute atomic E-state index is 0. The third-order valence-electron chi connectivity index (χ3n) is 1.89. The van der Waals surface area contributed by atoms with Crippen LogP contribution in [0.3, 0.4) is 0 Å². The van der Waals surface area contributed by atoms with E-state index in [9.17, 15) is 0 Å². The molecule has 0 aliphatic heterocycles. The fourth-order valence-corrected chi connectivity index (χ4v) is 1.31. The molecule has 0 amide bonds. The van der Waals surface area contributed by atoms with Gasteiger partial charge in [-0.2, -0.15) is 0 Å². The van der Waals surface area contributed by atoms with Gasteiger partial charge in [0.1, 0.15) is 0 Å². The Kier molecular flexibility index (Phi) is 4.03. The lowest BCUT2D eigenvalue weighted by molar-refractivity contribution is 0.385. The van der Waals surface area contributed by atoms with E-state index in [0.717, 1.165) is 5.92 Å². The van der Waals surface area contributed by atoms with Gasteiger partial charge in [-0.1, -0.05) is 39.0 Å². The maximum Gasteiger partial charge on any atom is 0 e. The Morgan fingerprint density at radius 1 is 1.00 bits per heavy atom. The Labute approximate surface area is 54.2 Å². The zero-order valence-electron chi connectivity index (χ0n) is 5.69. The molecule has 0 saturated heterocycles. The lowest BCUT2D eigenvalue weighted by Gasteiger charge is -2.15. The summed E-state index contributed by atoms with van der Waals surface area (Å²) in [7, 11) is 0. The van der Waals surface area contributed by atoms with E-state index in [4.69, 9.17) is 0 Å². The van der Waals surface area contributed by atoms with Crippen molar-refractivity contribution in [1.82, 2.24) is 0 Å². The highest BCUT2D eigenvalue weighted by Gasteiger charge is 2.05. The molecule has 3 radical (unpaired) electrons. The Balaban J connectivity index is 0.000000490. The maximum atomic E-state index is 2.36. The lowest BCUT2D eigenvalue weighted by atomic mass is 9.91. The number of rotatable bonds is 0. The van der Waals surface area contributed by atoms with Crippen molar-refractivity contribution < 1.29 is 0 Å². The maximum absolute atomic E-state index is 2.36. The summed E-state index contributed by atoms with van der Waals surface area (Å²) in [6.07, 6.45) is 7.44. The molecule has 45 valence electrons. The predicted octanol–water partition coefficient (Wildman–Crippen LogP) is 2.21. The number of hydrogen-bond acceptors (Lipinski definition) is 0. The smallest absolute Gasteiger partial charge is 0 e. The van der Waals surface area contributed by atoms with Crippen LogP contribution < -0.4 is 0 Å². The Morgan fingerprint density at radius 2 is 1.50 bits per heavy atom. The first-order chi connectivity index (χ1) is 3.39. The van der Waals surface area contributed by atoms with Crippen LogP contribution in [0.5, 0.6) is 0 Å². The molecule has 1 heteroatoms. The molecule has 1 aliphatic carbocycles. The molecule has 1 fully saturated rings. The molecule has 0 aromatic rings. The van der Waals surface area contributed by atoms with Crippen LogP contribution in [-0.2, 0) is 0 Å². The van der Waals surface area contributed by atoms with Crippen molar-refractivity contribution in [2.45, 2.75) is 39.0 Å². The first kappa shape index (κ1) is 8.06. The third kappa shape index (κ3) is 2.39. The summed E-state index contributed by atoms with van der Waals surface area (Å²) in [4.78, 5) is 0. The van der Waals surface area contributed by atoms with Crippen LogP contribution >= 0.6 is 0 Å². The molecule has 1 aliphatic rings. The molecule has 0 unspecified atom stereocenters. The van der Waals surface area contributed by atoms with Gasteiger partial charge in [-0.25, -0.2) is 0 Å². The molecule has 0 nitrogen and oxygen atoms in total. The van der Waals surface area contributed by atoms with Gasteiger partial charge in [0.25, 0.3) is 0 Å². The van der Waals surface area contributed by atoms with Crippen molar-refractivity contribution in [3.05, 3.63) is 0 Å². The molecule has 0 aromatic heterocycles. The molecule has 0 N–H and O–H groups in total. The summed E-state index contributed by atoms with van der Waals surface area (Å²) in [5, 5.41) is 0. The monoisotopic (exact) mass is 109 g/mol. The molecule has 0 heterocycles. The van der Waals surface area contributed by atoms with Crippen molar-refractivity contribution in [2.75, 3.05) is 0 Å². The zero-order valence-corrected chi connectivity index (χ0v) is 5.69. The van der Waals surface area contributed by atoms with E-state index >= 15 is 0 Å². The van der Waals surface area contributed by atoms with E-state index in [1.807, 2.05) is 0 Å². The first-order valence-electron chi connectivity index (χ1n) is 3.39. The van der Waals surface area contributed by atoms with Crippen LogP contribution in [0.4, 0.5) is 0 Å². The van der Waals surface area contributed by atoms with Gasteiger partial charge in [0, 0.05) is 8.41 Å². The lowest BCUT2D eigenvalue weighted by Crippen LogP contribution is -1.99. The topological polar surface area (TPSA) is 0 Å². The van der Waals surface area contributed by atoms with Crippen LogP contribution in [0.25, 0.3) is 0 Å². The molecule has 8 heavy (non-hydrogen) atoms. The van der Waals surface area contributed by atoms with E-state index in [1.54, 1.807) is 0 Å². The molecule has 0 spiro atoms. The van der Waals surface area contributed by atoms with E-state index in [-0.39, 0.29) is 8.41 Å². The van der Waals surface area contributed by atoms with Gasteiger partial charge in [-0.05, 0) is 5.92 Å². The third-order valence-corrected chi connectivity index (χ3v) is 1.89. The second-order valence-electron chi connectivity index (χ2n) is 2.74. The summed E-state index contributed by atoms with van der Waals surface area (Å²) in [5.41, 5.74) is 0. The fraction of sp³-hybridized carbons (Fsp3) is 1.00. The summed E-state index contributed by atoms with van der Waals surface area (Å²) < 4.78 is 0. The van der Waals surface area contributed by atoms with E-state index in [2.05, 4.69) is 6.92 Å². The van der Waals surface area contributed by atoms with Crippen molar-refractivity contribution in [2.24, 2.45) is 5.92 Å². The Morgan fingerprint density at radius 3 is 1.75 bits per heavy atom. The highest BCUT2D eigenvalue weighted by molar-refractivity contribution is 5.75. The molecular formula is C7H14B. The predicted molar refractivity (Wildman–Crippen MR) is 38.0 cm³/mol. The van der Waals surface area contributed by atoms with Crippen LogP contribution in [0.15, 0.2) is 0 Å². The first-order valence-corrected chi connectivity index (χ1v) is 3.39. The number of hydrogen-bond donors (Lipinski definition) is 0. The molecule has 0 bridgehead atoms. The second kappa shape index (κ2) is 4.00. The fourth-order valence-electron chi connectivity index (χ4n) is 1.31. The minimum atomic E-state index is 0. The van der Waals surface area contributed by atoms with E-state index < -0.39 is 0 Å². The molecule has 1 saturated carbocycles. The van der Waals surface area contributed by atoms with Crippen LogP contribution in [0.1, 0.15) is 39.0 Å². The highest BCUT2D eigenvalue weighted by atomic mass is 14.1. The summed E-state index contributed by atoms with van der Waals surface area (Å²) >= 11 is 0. The van der Waals surface area contributed by atoms with Gasteiger partial charge in [-0.3, -0.25) is 0 Å². The van der Waals surface area contributed by atoms with E-state index in [1.165, 1.54) is 32.1 Å². The van der Waals surface area contributed by atoms with Crippen molar-refractivity contribution in [1.29, 1.82) is 0 Å². The van der Waals surface area contributed by atoms with Gasteiger partial charge in [-0.15, -0.1) is 0 Å². The average Bonchev–Trinajstić information content (AvgIpc) is 1.69. The molecule has 0 atom stereocenters. The normalized spacial score (nSPS) is 22.1. The second-order valence-corrected chi connectivity index (χ2v) is 2.74. The van der Waals surface area contributed by atoms with Gasteiger partial charge < -0.3 is 0 Å². The van der Waals surface area contributed by atoms with Crippen molar-refractivity contribution in [3.63, 3.8) is 0 Å². The minimum Gasteiger partial charge on any atom is -0.0625 e. The van der Waals surface area contributed by atoms with Crippen LogP contribution in [0.2, 0.25) is 0 Å². The van der Waals surface area contributed by atoms with Crippen molar-refractivity contribution >= 4 is 8.41 Å². The zero-order chi connectivity index (χ0) is 5.11. The van der Waals surface area contributed by atoms with E-state index in [0.29, 0.717) is 0 Å². The SMILES string of the molecule is CC1CCCCC1.[B]. The molecule has 0 aromatic carbocycles. The quantitative estimate of drug-likeness (QED) is 0.418. The Bertz CT molecular complexity index is 46.3. The van der Waals surface area contributed by atoms with Gasteiger partial charge >= 0.3 is 0 Å². The Hall–Kier alpha value is 0.0649. The van der Waals surface area contributed by atoms with Crippen molar-refractivity contribution in [3.8, 4) is 0 Å². The summed E-state index contributed by atoms with van der Waals surface area (Å²) in [6, 6.07) is 0. The average molecular weight is 109 g/mol. The largest absolute Gasteiger partial charge is 0.0625 e. The standard InChI is InChI=1S/C7H14.B/c1-7-5-3-2-4-6-7;/h7H,2-6H2,1H3;. The van der Waals surface area contributed by atoms with Gasteiger partial charge in [0.05, 0.1) is 0 Å². The van der Waals surface area contributed by atoms with Crippen LogP contribution in [-0.4, -0.2) is 8.41 Å². The highest BCUT2D eigenvalue weighted by Crippen LogP contribution is 2.21.